The van der Waals surface area contributed by atoms with Crippen LogP contribution in [-0.4, -0.2) is 30.5 Å². The fraction of sp³-hybridized carbons (Fsp3) is 0.294. The second-order valence-electron chi connectivity index (χ2n) is 5.96. The Morgan fingerprint density at radius 3 is 2.62 bits per heavy atom. The van der Waals surface area contributed by atoms with E-state index in [1.807, 2.05) is 22.9 Å². The second kappa shape index (κ2) is 6.66. The number of para-hydroxylation sites is 1. The molecule has 7 heteroatoms. The molecule has 2 aromatic heterocycles. The number of carbonyl (C=O) groups is 1. The highest BCUT2D eigenvalue weighted by atomic mass is 16.1. The lowest BCUT2D eigenvalue weighted by molar-refractivity contribution is 0.102. The first-order chi connectivity index (χ1) is 11.6. The summed E-state index contributed by atoms with van der Waals surface area (Å²) in [6.07, 6.45) is 4.70. The molecule has 1 amide bonds. The molecule has 0 aliphatic carbocycles. The molecule has 0 radical (unpaired) electrons. The molecule has 0 bridgehead atoms. The minimum absolute atomic E-state index is 0.181. The molecule has 7 nitrogen and oxygen atoms in total. The maximum Gasteiger partial charge on any atom is 0.259 e. The Labute approximate surface area is 140 Å². The Kier molecular flexibility index (Phi) is 4.41. The summed E-state index contributed by atoms with van der Waals surface area (Å²) in [5, 5.41) is 11.4. The maximum atomic E-state index is 12.8. The Hall–Kier alpha value is -2.96. The molecular weight excluding hydrogens is 304 g/mol. The van der Waals surface area contributed by atoms with Crippen LogP contribution in [0.25, 0.3) is 5.69 Å². The van der Waals surface area contributed by atoms with Gasteiger partial charge in [-0.05, 0) is 25.0 Å². The van der Waals surface area contributed by atoms with Crippen molar-refractivity contribution >= 4 is 11.7 Å². The molecule has 0 aliphatic rings. The fourth-order valence-electron chi connectivity index (χ4n) is 2.40. The van der Waals surface area contributed by atoms with Gasteiger partial charge < -0.3 is 5.32 Å². The molecular formula is C17H20N6O. The normalized spacial score (nSPS) is 12.3. The van der Waals surface area contributed by atoms with Gasteiger partial charge in [0.2, 0.25) is 0 Å². The molecule has 3 aromatic rings. The van der Waals surface area contributed by atoms with Crippen molar-refractivity contribution < 1.29 is 4.79 Å². The number of hydrogen-bond acceptors (Lipinski definition) is 4. The van der Waals surface area contributed by atoms with Gasteiger partial charge in [0.05, 0.1) is 23.5 Å². The zero-order valence-corrected chi connectivity index (χ0v) is 13.9. The van der Waals surface area contributed by atoms with Crippen LogP contribution in [0.4, 0.5) is 5.82 Å². The highest BCUT2D eigenvalue weighted by Crippen LogP contribution is 2.22. The van der Waals surface area contributed by atoms with Gasteiger partial charge in [-0.3, -0.25) is 4.79 Å². The van der Waals surface area contributed by atoms with Crippen LogP contribution < -0.4 is 5.32 Å². The van der Waals surface area contributed by atoms with Crippen LogP contribution in [0.3, 0.4) is 0 Å². The summed E-state index contributed by atoms with van der Waals surface area (Å²) in [6.45, 7) is 6.33. The predicted molar refractivity (Wildman–Crippen MR) is 91.1 cm³/mol. The number of anilines is 1. The van der Waals surface area contributed by atoms with Gasteiger partial charge in [0, 0.05) is 6.07 Å². The number of aromatic nitrogens is 5. The van der Waals surface area contributed by atoms with E-state index in [0.29, 0.717) is 23.0 Å². The standard InChI is InChI=1S/C17H20N6O/c1-12(2)13(3)23-16(8-9-19-23)21-17(24)14-6-4-5-7-15(14)22-11-18-10-20-22/h4-13H,1-3H3,(H,21,24)/t13-/m0/s1. The predicted octanol–water partition coefficient (Wildman–Crippen LogP) is 2.93. The molecule has 24 heavy (non-hydrogen) atoms. The minimum Gasteiger partial charge on any atom is -0.307 e. The molecule has 1 aromatic carbocycles. The highest BCUT2D eigenvalue weighted by molar-refractivity contribution is 6.06. The van der Waals surface area contributed by atoms with Crippen molar-refractivity contribution in [3.63, 3.8) is 0 Å². The Bertz CT molecular complexity index is 821. The van der Waals surface area contributed by atoms with Crippen molar-refractivity contribution in [3.05, 3.63) is 54.7 Å². The fourth-order valence-corrected chi connectivity index (χ4v) is 2.40. The topological polar surface area (TPSA) is 77.6 Å². The van der Waals surface area contributed by atoms with Gasteiger partial charge in [0.1, 0.15) is 18.5 Å². The average Bonchev–Trinajstić information content (AvgIpc) is 3.25. The van der Waals surface area contributed by atoms with Gasteiger partial charge in [0.25, 0.3) is 5.91 Å². The first-order valence-electron chi connectivity index (χ1n) is 7.87. The van der Waals surface area contributed by atoms with E-state index in [0.717, 1.165) is 0 Å². The third-order valence-electron chi connectivity index (χ3n) is 4.08. The largest absolute Gasteiger partial charge is 0.307 e. The third kappa shape index (κ3) is 3.05. The average molecular weight is 324 g/mol. The number of hydrogen-bond donors (Lipinski definition) is 1. The van der Waals surface area contributed by atoms with E-state index >= 15 is 0 Å². The van der Waals surface area contributed by atoms with Crippen molar-refractivity contribution in [3.8, 4) is 5.69 Å². The summed E-state index contributed by atoms with van der Waals surface area (Å²) in [7, 11) is 0. The van der Waals surface area contributed by atoms with Crippen LogP contribution in [0.5, 0.6) is 0 Å². The van der Waals surface area contributed by atoms with Crippen LogP contribution in [0.1, 0.15) is 37.2 Å². The van der Waals surface area contributed by atoms with Crippen LogP contribution in [-0.2, 0) is 0 Å². The lowest BCUT2D eigenvalue weighted by Gasteiger charge is -2.19. The van der Waals surface area contributed by atoms with Gasteiger partial charge in [-0.25, -0.2) is 14.3 Å². The number of nitrogens with one attached hydrogen (secondary N) is 1. The number of rotatable bonds is 5. The quantitative estimate of drug-likeness (QED) is 0.783. The Morgan fingerprint density at radius 1 is 1.12 bits per heavy atom. The molecule has 3 rings (SSSR count). The molecule has 1 atom stereocenters. The lowest BCUT2D eigenvalue weighted by atomic mass is 10.1. The van der Waals surface area contributed by atoms with Crippen LogP contribution in [0.2, 0.25) is 0 Å². The van der Waals surface area contributed by atoms with E-state index in [1.54, 1.807) is 29.3 Å². The molecule has 124 valence electrons. The van der Waals surface area contributed by atoms with Crippen molar-refractivity contribution in [1.29, 1.82) is 0 Å². The molecule has 0 saturated carbocycles. The first-order valence-corrected chi connectivity index (χ1v) is 7.87. The number of nitrogens with zero attached hydrogens (tertiary/aromatic N) is 5. The van der Waals surface area contributed by atoms with E-state index in [2.05, 4.69) is 41.3 Å². The van der Waals surface area contributed by atoms with Crippen molar-refractivity contribution in [1.82, 2.24) is 24.5 Å². The van der Waals surface area contributed by atoms with Gasteiger partial charge in [-0.1, -0.05) is 26.0 Å². The van der Waals surface area contributed by atoms with Gasteiger partial charge in [-0.15, -0.1) is 0 Å². The SMILES string of the molecule is CC(C)[C@H](C)n1nccc1NC(=O)c1ccccc1-n1cncn1. The molecule has 0 unspecified atom stereocenters. The van der Waals surface area contributed by atoms with Gasteiger partial charge in [-0.2, -0.15) is 10.2 Å². The van der Waals surface area contributed by atoms with E-state index in [-0.39, 0.29) is 11.9 Å². The summed E-state index contributed by atoms with van der Waals surface area (Å²) in [6, 6.07) is 9.26. The van der Waals surface area contributed by atoms with E-state index < -0.39 is 0 Å². The molecule has 0 spiro atoms. The second-order valence-corrected chi connectivity index (χ2v) is 5.96. The maximum absolute atomic E-state index is 12.8. The van der Waals surface area contributed by atoms with Crippen LogP contribution in [0.15, 0.2) is 49.2 Å². The van der Waals surface area contributed by atoms with E-state index in [1.165, 1.54) is 6.33 Å². The van der Waals surface area contributed by atoms with Gasteiger partial charge >= 0.3 is 0 Å². The number of carbonyl (C=O) groups excluding carboxylic acids is 1. The molecule has 0 saturated heterocycles. The highest BCUT2D eigenvalue weighted by Gasteiger charge is 2.18. The van der Waals surface area contributed by atoms with Crippen molar-refractivity contribution in [2.24, 2.45) is 5.92 Å². The van der Waals surface area contributed by atoms with Crippen molar-refractivity contribution in [2.75, 3.05) is 5.32 Å². The van der Waals surface area contributed by atoms with Crippen molar-refractivity contribution in [2.45, 2.75) is 26.8 Å². The van der Waals surface area contributed by atoms with Crippen LogP contribution >= 0.6 is 0 Å². The minimum atomic E-state index is -0.209. The first kappa shape index (κ1) is 15.9. The summed E-state index contributed by atoms with van der Waals surface area (Å²) < 4.78 is 3.41. The van der Waals surface area contributed by atoms with E-state index in [4.69, 9.17) is 0 Å². The number of amides is 1. The Morgan fingerprint density at radius 2 is 1.92 bits per heavy atom. The summed E-state index contributed by atoms with van der Waals surface area (Å²) >= 11 is 0. The zero-order valence-electron chi connectivity index (χ0n) is 13.9. The Balaban J connectivity index is 1.89. The molecule has 2 heterocycles. The van der Waals surface area contributed by atoms with E-state index in [9.17, 15) is 4.79 Å². The molecule has 0 fully saturated rings. The summed E-state index contributed by atoms with van der Waals surface area (Å²) in [5.74, 6) is 0.872. The summed E-state index contributed by atoms with van der Waals surface area (Å²) in [4.78, 5) is 16.7. The van der Waals surface area contributed by atoms with Gasteiger partial charge in [0.15, 0.2) is 0 Å². The monoisotopic (exact) mass is 324 g/mol. The van der Waals surface area contributed by atoms with Crippen LogP contribution in [0, 0.1) is 5.92 Å². The summed E-state index contributed by atoms with van der Waals surface area (Å²) in [5.41, 5.74) is 1.20. The molecule has 1 N–H and O–H groups in total. The lowest BCUT2D eigenvalue weighted by Crippen LogP contribution is -2.21. The zero-order chi connectivity index (χ0) is 17.1. The molecule has 0 aliphatic heterocycles. The smallest absolute Gasteiger partial charge is 0.259 e. The third-order valence-corrected chi connectivity index (χ3v) is 4.08. The number of benzene rings is 1.